The zero-order chi connectivity index (χ0) is 11.1. The normalized spacial score (nSPS) is 27.4. The summed E-state index contributed by atoms with van der Waals surface area (Å²) in [6.07, 6.45) is 1.87. The van der Waals surface area contributed by atoms with Crippen molar-refractivity contribution in [3.05, 3.63) is 34.4 Å². The molecule has 3 heterocycles. The Morgan fingerprint density at radius 1 is 1.25 bits per heavy atom. The van der Waals surface area contributed by atoms with Gasteiger partial charge in [-0.3, -0.25) is 10.1 Å². The molecule has 0 N–H and O–H groups in total. The molecule has 3 fully saturated rings. The number of hydrogen-bond donors (Lipinski definition) is 0. The molecule has 5 heteroatoms. The first-order valence-electron chi connectivity index (χ1n) is 5.37. The van der Waals surface area contributed by atoms with Gasteiger partial charge in [0.25, 0.3) is 5.69 Å². The third-order valence-electron chi connectivity index (χ3n) is 3.18. The molecule has 1 aromatic rings. The Morgan fingerprint density at radius 2 is 1.81 bits per heavy atom. The van der Waals surface area contributed by atoms with E-state index in [0.717, 1.165) is 25.2 Å². The first-order chi connectivity index (χ1) is 7.72. The van der Waals surface area contributed by atoms with E-state index in [0.29, 0.717) is 12.2 Å². The highest BCUT2D eigenvalue weighted by Crippen LogP contribution is 2.31. The van der Waals surface area contributed by atoms with Crippen LogP contribution in [-0.4, -0.2) is 30.2 Å². The average Bonchev–Trinajstić information content (AvgIpc) is 2.28. The van der Waals surface area contributed by atoms with Crippen LogP contribution in [0.5, 0.6) is 0 Å². The van der Waals surface area contributed by atoms with Gasteiger partial charge in [0.2, 0.25) is 0 Å². The smallest absolute Gasteiger partial charge is 0.269 e. The number of ether oxygens (including phenoxy) is 1. The Kier molecular flexibility index (Phi) is 2.07. The number of piperidine rings is 1. The second kappa shape index (κ2) is 3.45. The van der Waals surface area contributed by atoms with Crippen LogP contribution in [0.1, 0.15) is 6.42 Å². The monoisotopic (exact) mass is 220 g/mol. The minimum Gasteiger partial charge on any atom is -0.371 e. The summed E-state index contributed by atoms with van der Waals surface area (Å²) < 4.78 is 5.54. The minimum absolute atomic E-state index is 0.141. The molecule has 5 nitrogen and oxygen atoms in total. The molecule has 16 heavy (non-hydrogen) atoms. The summed E-state index contributed by atoms with van der Waals surface area (Å²) in [6, 6.07) is 6.72. The molecule has 3 aliphatic rings. The Hall–Kier alpha value is -1.62. The summed E-state index contributed by atoms with van der Waals surface area (Å²) in [5, 5.41) is 10.5. The summed E-state index contributed by atoms with van der Waals surface area (Å²) in [5.41, 5.74) is 1.19. The summed E-state index contributed by atoms with van der Waals surface area (Å²) in [4.78, 5) is 12.4. The molecule has 2 atom stereocenters. The SMILES string of the molecule is O=[N+]([O-])c1ccc(N2C[C@H]3C[C@@H](C2)O3)cc1. The highest BCUT2D eigenvalue weighted by atomic mass is 16.6. The largest absolute Gasteiger partial charge is 0.371 e. The molecule has 0 radical (unpaired) electrons. The summed E-state index contributed by atoms with van der Waals surface area (Å²) in [7, 11) is 0. The van der Waals surface area contributed by atoms with Gasteiger partial charge < -0.3 is 9.64 Å². The predicted molar refractivity (Wildman–Crippen MR) is 58.6 cm³/mol. The first-order valence-corrected chi connectivity index (χ1v) is 5.37. The number of nitro groups is 1. The van der Waals surface area contributed by atoms with Crippen molar-refractivity contribution < 1.29 is 9.66 Å². The Balaban J connectivity index is 1.77. The third kappa shape index (κ3) is 1.53. The summed E-state index contributed by atoms with van der Waals surface area (Å²) in [6.45, 7) is 1.79. The van der Waals surface area contributed by atoms with E-state index in [1.54, 1.807) is 12.1 Å². The van der Waals surface area contributed by atoms with Crippen LogP contribution in [0.15, 0.2) is 24.3 Å². The second-order valence-corrected chi connectivity index (χ2v) is 4.29. The molecule has 0 spiro atoms. The fraction of sp³-hybridized carbons (Fsp3) is 0.455. The zero-order valence-corrected chi connectivity index (χ0v) is 8.70. The number of anilines is 1. The molecular weight excluding hydrogens is 208 g/mol. The lowest BCUT2D eigenvalue weighted by atomic mass is 9.98. The van der Waals surface area contributed by atoms with Crippen LogP contribution in [0.3, 0.4) is 0 Å². The van der Waals surface area contributed by atoms with E-state index < -0.39 is 0 Å². The average molecular weight is 220 g/mol. The summed E-state index contributed by atoms with van der Waals surface area (Å²) >= 11 is 0. The molecule has 3 aliphatic heterocycles. The molecular formula is C11H12N2O3. The molecule has 3 saturated heterocycles. The second-order valence-electron chi connectivity index (χ2n) is 4.29. The fourth-order valence-corrected chi connectivity index (χ4v) is 2.35. The Morgan fingerprint density at radius 3 is 2.31 bits per heavy atom. The Labute approximate surface area is 92.8 Å². The topological polar surface area (TPSA) is 55.6 Å². The standard InChI is InChI=1S/C11H12N2O3/c14-13(15)9-3-1-8(2-4-9)12-6-10-5-11(7-12)16-10/h1-4,10-11H,5-7H2/t10-,11+. The van der Waals surface area contributed by atoms with E-state index in [-0.39, 0.29) is 10.6 Å². The van der Waals surface area contributed by atoms with Crippen LogP contribution < -0.4 is 4.90 Å². The molecule has 0 aliphatic carbocycles. The van der Waals surface area contributed by atoms with Gasteiger partial charge in [-0.2, -0.15) is 0 Å². The number of morpholine rings is 1. The number of fused-ring (bicyclic) bond motifs is 2. The highest BCUT2D eigenvalue weighted by Gasteiger charge is 2.38. The van der Waals surface area contributed by atoms with Crippen molar-refractivity contribution in [2.75, 3.05) is 18.0 Å². The maximum Gasteiger partial charge on any atom is 0.269 e. The van der Waals surface area contributed by atoms with Gasteiger partial charge in [0, 0.05) is 37.3 Å². The van der Waals surface area contributed by atoms with Gasteiger partial charge >= 0.3 is 0 Å². The van der Waals surface area contributed by atoms with Crippen LogP contribution in [0.2, 0.25) is 0 Å². The van der Waals surface area contributed by atoms with E-state index in [9.17, 15) is 10.1 Å². The van der Waals surface area contributed by atoms with Crippen molar-refractivity contribution in [1.29, 1.82) is 0 Å². The van der Waals surface area contributed by atoms with Gasteiger partial charge in [0.1, 0.15) is 0 Å². The van der Waals surface area contributed by atoms with Gasteiger partial charge in [0.15, 0.2) is 0 Å². The number of benzene rings is 1. The van der Waals surface area contributed by atoms with Crippen molar-refractivity contribution in [2.24, 2.45) is 0 Å². The summed E-state index contributed by atoms with van der Waals surface area (Å²) in [5.74, 6) is 0. The molecule has 4 rings (SSSR count). The maximum absolute atomic E-state index is 10.5. The van der Waals surface area contributed by atoms with E-state index in [1.165, 1.54) is 0 Å². The third-order valence-corrected chi connectivity index (χ3v) is 3.18. The van der Waals surface area contributed by atoms with Gasteiger partial charge in [-0.25, -0.2) is 0 Å². The van der Waals surface area contributed by atoms with Crippen molar-refractivity contribution >= 4 is 11.4 Å². The van der Waals surface area contributed by atoms with E-state index in [4.69, 9.17) is 4.74 Å². The van der Waals surface area contributed by atoms with Gasteiger partial charge in [-0.15, -0.1) is 0 Å². The number of rotatable bonds is 2. The fourth-order valence-electron chi connectivity index (χ4n) is 2.35. The van der Waals surface area contributed by atoms with E-state index in [1.807, 2.05) is 12.1 Å². The van der Waals surface area contributed by atoms with Crippen molar-refractivity contribution in [3.63, 3.8) is 0 Å². The maximum atomic E-state index is 10.5. The van der Waals surface area contributed by atoms with Gasteiger partial charge in [-0.1, -0.05) is 0 Å². The highest BCUT2D eigenvalue weighted by molar-refractivity contribution is 5.51. The van der Waals surface area contributed by atoms with E-state index >= 15 is 0 Å². The number of hydrogen-bond acceptors (Lipinski definition) is 4. The van der Waals surface area contributed by atoms with Crippen LogP contribution >= 0.6 is 0 Å². The number of nitrogens with zero attached hydrogens (tertiary/aromatic N) is 2. The van der Waals surface area contributed by atoms with Gasteiger partial charge in [-0.05, 0) is 12.1 Å². The molecule has 1 aromatic carbocycles. The van der Waals surface area contributed by atoms with E-state index in [2.05, 4.69) is 4.90 Å². The lowest BCUT2D eigenvalue weighted by molar-refractivity contribution is -0.384. The van der Waals surface area contributed by atoms with Crippen molar-refractivity contribution in [3.8, 4) is 0 Å². The molecule has 0 amide bonds. The van der Waals surface area contributed by atoms with Crippen LogP contribution in [0.4, 0.5) is 11.4 Å². The molecule has 2 bridgehead atoms. The van der Waals surface area contributed by atoms with Crippen molar-refractivity contribution in [2.45, 2.75) is 18.6 Å². The van der Waals surface area contributed by atoms with Crippen LogP contribution in [0, 0.1) is 10.1 Å². The van der Waals surface area contributed by atoms with Crippen LogP contribution in [0.25, 0.3) is 0 Å². The molecule has 0 unspecified atom stereocenters. The number of nitro benzene ring substituents is 1. The molecule has 84 valence electrons. The van der Waals surface area contributed by atoms with Gasteiger partial charge in [0.05, 0.1) is 17.1 Å². The molecule has 0 aromatic heterocycles. The minimum atomic E-state index is -0.374. The first kappa shape index (κ1) is 9.59. The molecule has 0 saturated carbocycles. The lowest BCUT2D eigenvalue weighted by Gasteiger charge is -2.48. The van der Waals surface area contributed by atoms with Crippen LogP contribution in [-0.2, 0) is 4.74 Å². The number of non-ortho nitro benzene ring substituents is 1. The quantitative estimate of drug-likeness (QED) is 0.560. The van der Waals surface area contributed by atoms with Crippen molar-refractivity contribution in [1.82, 2.24) is 0 Å². The predicted octanol–water partition coefficient (Wildman–Crippen LogP) is 1.57. The Bertz CT molecular complexity index is 402. The zero-order valence-electron chi connectivity index (χ0n) is 8.70. The lowest BCUT2D eigenvalue weighted by Crippen LogP contribution is -2.57.